The SMILES string of the molecule is CCN(CC)CCc1c(C)[nH]c(Cc2nccnc2-c2c[nH][nH]c2=O)c1C(F)(F)F. The molecule has 0 aliphatic rings. The Morgan fingerprint density at radius 1 is 1.13 bits per heavy atom. The second-order valence-corrected chi connectivity index (χ2v) is 7.04. The highest BCUT2D eigenvalue weighted by Crippen LogP contribution is 2.38. The minimum absolute atomic E-state index is 0.0308. The second-order valence-electron chi connectivity index (χ2n) is 7.04. The monoisotopic (exact) mass is 422 g/mol. The largest absolute Gasteiger partial charge is 0.418 e. The van der Waals surface area contributed by atoms with Gasteiger partial charge in [0.2, 0.25) is 0 Å². The van der Waals surface area contributed by atoms with Crippen LogP contribution in [0.15, 0.2) is 23.4 Å². The zero-order valence-electron chi connectivity index (χ0n) is 17.2. The van der Waals surface area contributed by atoms with Gasteiger partial charge in [-0.1, -0.05) is 13.8 Å². The van der Waals surface area contributed by atoms with E-state index in [9.17, 15) is 18.0 Å². The number of alkyl halides is 3. The Hall–Kier alpha value is -2.88. The van der Waals surface area contributed by atoms with E-state index in [1.165, 1.54) is 18.6 Å². The number of likely N-dealkylation sites (N-methyl/N-ethyl adjacent to an activating group) is 1. The van der Waals surface area contributed by atoms with Crippen LogP contribution >= 0.6 is 0 Å². The summed E-state index contributed by atoms with van der Waals surface area (Å²) in [6.07, 6.45) is -0.0869. The molecule has 10 heteroatoms. The number of aromatic nitrogens is 5. The molecule has 162 valence electrons. The molecule has 0 unspecified atom stereocenters. The molecule has 0 atom stereocenters. The first-order valence-corrected chi connectivity index (χ1v) is 9.82. The number of aromatic amines is 3. The van der Waals surface area contributed by atoms with Gasteiger partial charge in [-0.05, 0) is 32.0 Å². The van der Waals surface area contributed by atoms with Gasteiger partial charge in [-0.25, -0.2) is 0 Å². The summed E-state index contributed by atoms with van der Waals surface area (Å²) in [7, 11) is 0. The summed E-state index contributed by atoms with van der Waals surface area (Å²) in [5.41, 5.74) is 0.528. The third kappa shape index (κ3) is 4.48. The van der Waals surface area contributed by atoms with Crippen molar-refractivity contribution in [2.24, 2.45) is 0 Å². The Labute approximate surface area is 171 Å². The molecule has 3 heterocycles. The smallest absolute Gasteiger partial charge is 0.361 e. The molecule has 3 rings (SSSR count). The Kier molecular flexibility index (Phi) is 6.45. The Morgan fingerprint density at radius 3 is 2.43 bits per heavy atom. The van der Waals surface area contributed by atoms with Crippen molar-refractivity contribution in [3.63, 3.8) is 0 Å². The number of halogens is 3. The molecule has 7 nitrogen and oxygen atoms in total. The summed E-state index contributed by atoms with van der Waals surface area (Å²) in [4.78, 5) is 25.4. The highest BCUT2D eigenvalue weighted by molar-refractivity contribution is 5.60. The average molecular weight is 422 g/mol. The maximum atomic E-state index is 14.0. The van der Waals surface area contributed by atoms with Gasteiger partial charge in [0.1, 0.15) is 0 Å². The molecule has 0 saturated carbocycles. The molecule has 0 bridgehead atoms. The normalized spacial score (nSPS) is 12.1. The average Bonchev–Trinajstić information content (AvgIpc) is 3.25. The molecule has 0 aromatic carbocycles. The van der Waals surface area contributed by atoms with E-state index < -0.39 is 17.3 Å². The molecule has 0 aliphatic carbocycles. The van der Waals surface area contributed by atoms with Crippen molar-refractivity contribution >= 4 is 0 Å². The second kappa shape index (κ2) is 8.86. The van der Waals surface area contributed by atoms with Crippen LogP contribution < -0.4 is 5.56 Å². The summed E-state index contributed by atoms with van der Waals surface area (Å²) in [5.74, 6) is 0. The van der Waals surface area contributed by atoms with Gasteiger partial charge < -0.3 is 15.0 Å². The summed E-state index contributed by atoms with van der Waals surface area (Å²) in [6, 6.07) is 0. The van der Waals surface area contributed by atoms with Crippen LogP contribution in [0.1, 0.15) is 42.1 Å². The van der Waals surface area contributed by atoms with Crippen LogP contribution in [0.4, 0.5) is 13.2 Å². The number of nitrogens with zero attached hydrogens (tertiary/aromatic N) is 3. The first-order valence-electron chi connectivity index (χ1n) is 9.82. The van der Waals surface area contributed by atoms with Crippen LogP contribution in [-0.2, 0) is 19.0 Å². The summed E-state index contributed by atoms with van der Waals surface area (Å²) in [5, 5.41) is 4.98. The topological polar surface area (TPSA) is 93.5 Å². The van der Waals surface area contributed by atoms with Crippen molar-refractivity contribution in [3.05, 3.63) is 57.2 Å². The maximum Gasteiger partial charge on any atom is 0.418 e. The van der Waals surface area contributed by atoms with Crippen LogP contribution in [0.3, 0.4) is 0 Å². The predicted molar refractivity (Wildman–Crippen MR) is 107 cm³/mol. The molecular weight excluding hydrogens is 397 g/mol. The van der Waals surface area contributed by atoms with Crippen molar-refractivity contribution in [3.8, 4) is 11.3 Å². The fourth-order valence-electron chi connectivity index (χ4n) is 3.70. The molecule has 3 N–H and O–H groups in total. The molecule has 0 saturated heterocycles. The maximum absolute atomic E-state index is 14.0. The van der Waals surface area contributed by atoms with Gasteiger partial charge in [0.05, 0.1) is 22.5 Å². The number of aryl methyl sites for hydroxylation is 1. The van der Waals surface area contributed by atoms with Crippen LogP contribution in [0.25, 0.3) is 11.3 Å². The van der Waals surface area contributed by atoms with E-state index >= 15 is 0 Å². The van der Waals surface area contributed by atoms with E-state index in [4.69, 9.17) is 0 Å². The van der Waals surface area contributed by atoms with Crippen molar-refractivity contribution in [2.45, 2.75) is 39.8 Å². The van der Waals surface area contributed by atoms with E-state index in [-0.39, 0.29) is 28.9 Å². The molecular formula is C20H25F3N6O. The van der Waals surface area contributed by atoms with Gasteiger partial charge >= 0.3 is 6.18 Å². The lowest BCUT2D eigenvalue weighted by Crippen LogP contribution is -2.26. The highest BCUT2D eigenvalue weighted by atomic mass is 19.4. The van der Waals surface area contributed by atoms with E-state index in [0.29, 0.717) is 24.4 Å². The molecule has 0 amide bonds. The minimum atomic E-state index is -4.51. The van der Waals surface area contributed by atoms with Crippen LogP contribution in [0.2, 0.25) is 0 Å². The summed E-state index contributed by atoms with van der Waals surface area (Å²) < 4.78 is 42.1. The first-order chi connectivity index (χ1) is 14.3. The van der Waals surface area contributed by atoms with Gasteiger partial charge in [0.15, 0.2) is 0 Å². The van der Waals surface area contributed by atoms with Gasteiger partial charge in [-0.15, -0.1) is 0 Å². The van der Waals surface area contributed by atoms with Gasteiger partial charge in [0, 0.05) is 42.9 Å². The zero-order valence-corrected chi connectivity index (χ0v) is 17.2. The van der Waals surface area contributed by atoms with Crippen LogP contribution in [0.5, 0.6) is 0 Å². The summed E-state index contributed by atoms with van der Waals surface area (Å²) >= 11 is 0. The van der Waals surface area contributed by atoms with E-state index in [1.807, 2.05) is 13.8 Å². The Balaban J connectivity index is 2.01. The molecule has 3 aromatic heterocycles. The quantitative estimate of drug-likeness (QED) is 0.519. The Bertz CT molecular complexity index is 1050. The Morgan fingerprint density at radius 2 is 1.83 bits per heavy atom. The van der Waals surface area contributed by atoms with E-state index in [2.05, 4.69) is 30.0 Å². The number of hydrogen-bond acceptors (Lipinski definition) is 4. The van der Waals surface area contributed by atoms with Crippen LogP contribution in [-0.4, -0.2) is 49.7 Å². The molecule has 0 spiro atoms. The lowest BCUT2D eigenvalue weighted by Gasteiger charge is -2.19. The van der Waals surface area contributed by atoms with E-state index in [0.717, 1.165) is 13.1 Å². The molecule has 30 heavy (non-hydrogen) atoms. The lowest BCUT2D eigenvalue weighted by atomic mass is 10.0. The van der Waals surface area contributed by atoms with Gasteiger partial charge in [-0.3, -0.25) is 19.9 Å². The summed E-state index contributed by atoms with van der Waals surface area (Å²) in [6.45, 7) is 7.74. The van der Waals surface area contributed by atoms with Crippen molar-refractivity contribution in [2.75, 3.05) is 19.6 Å². The third-order valence-electron chi connectivity index (χ3n) is 5.27. The number of hydrogen-bond donors (Lipinski definition) is 3. The van der Waals surface area contributed by atoms with Crippen molar-refractivity contribution < 1.29 is 13.2 Å². The van der Waals surface area contributed by atoms with Crippen molar-refractivity contribution in [1.29, 1.82) is 0 Å². The number of nitrogens with one attached hydrogen (secondary N) is 3. The zero-order chi connectivity index (χ0) is 21.9. The first kappa shape index (κ1) is 21.8. The van der Waals surface area contributed by atoms with Gasteiger partial charge in [0.25, 0.3) is 5.56 Å². The molecule has 0 aliphatic heterocycles. The molecule has 0 radical (unpaired) electrons. The number of H-pyrrole nitrogens is 3. The van der Waals surface area contributed by atoms with Crippen molar-refractivity contribution in [1.82, 2.24) is 30.0 Å². The van der Waals surface area contributed by atoms with E-state index in [1.54, 1.807) is 6.92 Å². The predicted octanol–water partition coefficient (Wildman–Crippen LogP) is 3.29. The lowest BCUT2D eigenvalue weighted by molar-refractivity contribution is -0.138. The number of rotatable bonds is 8. The van der Waals surface area contributed by atoms with Gasteiger partial charge in [-0.2, -0.15) is 13.2 Å². The standard InChI is InChI=1S/C20H25F3N6O/c1-4-29(5-2)9-6-13-12(3)27-15(17(13)20(21,22)23)10-16-18(25-8-7-24-16)14-11-26-28-19(14)30/h7-8,11,27H,4-6,9-10H2,1-3H3,(H2,26,28,30). The minimum Gasteiger partial charge on any atom is -0.361 e. The third-order valence-corrected chi connectivity index (χ3v) is 5.27. The fourth-order valence-corrected chi connectivity index (χ4v) is 3.70. The molecule has 3 aromatic rings. The highest BCUT2D eigenvalue weighted by Gasteiger charge is 2.38. The fraction of sp³-hybridized carbons (Fsp3) is 0.450. The van der Waals surface area contributed by atoms with Crippen LogP contribution in [0, 0.1) is 6.92 Å². The molecule has 0 fully saturated rings.